The third-order valence-corrected chi connectivity index (χ3v) is 4.97. The number of rotatable bonds is 6. The lowest BCUT2D eigenvalue weighted by Crippen LogP contribution is -2.46. The van der Waals surface area contributed by atoms with Gasteiger partial charge in [0.25, 0.3) is 0 Å². The molecule has 1 N–H and O–H groups in total. The highest BCUT2D eigenvalue weighted by molar-refractivity contribution is 7.99. The molecule has 0 aromatic rings. The summed E-state index contributed by atoms with van der Waals surface area (Å²) in [6, 6.07) is 0.00468. The summed E-state index contributed by atoms with van der Waals surface area (Å²) in [5.41, 5.74) is 0. The second-order valence-electron chi connectivity index (χ2n) is 6.97. The first-order chi connectivity index (χ1) is 8.68. The molecule has 1 aliphatic rings. The second-order valence-corrected chi connectivity index (χ2v) is 8.48. The Bertz CT molecular complexity index is 315. The predicted molar refractivity (Wildman–Crippen MR) is 84.3 cm³/mol. The highest BCUT2D eigenvalue weighted by atomic mass is 32.2. The molecule has 0 radical (unpaired) electrons. The lowest BCUT2D eigenvalue weighted by molar-refractivity contribution is -0.131. The van der Waals surface area contributed by atoms with Gasteiger partial charge in [-0.05, 0) is 38.4 Å². The van der Waals surface area contributed by atoms with Crippen molar-refractivity contribution in [2.45, 2.75) is 64.9 Å². The van der Waals surface area contributed by atoms with E-state index in [2.05, 4.69) is 58.0 Å². The summed E-state index contributed by atoms with van der Waals surface area (Å²) >= 11 is 1.82. The molecule has 2 unspecified atom stereocenters. The lowest BCUT2D eigenvalue weighted by atomic mass is 10.0. The standard InChI is InChI=1S/C15H30N2OS/c1-10(2)8-12-14(18)17(9-15(5,6)19-7)13(16-12)11(3)4/h10-13,16H,8-9H2,1-7H3. The number of hydrogen-bond donors (Lipinski definition) is 1. The van der Waals surface area contributed by atoms with E-state index in [4.69, 9.17) is 0 Å². The third kappa shape index (κ3) is 4.38. The Hall–Kier alpha value is -0.220. The van der Waals surface area contributed by atoms with Crippen LogP contribution in [0.4, 0.5) is 0 Å². The van der Waals surface area contributed by atoms with Gasteiger partial charge >= 0.3 is 0 Å². The zero-order valence-corrected chi connectivity index (χ0v) is 14.3. The van der Waals surface area contributed by atoms with Crippen LogP contribution in [0, 0.1) is 11.8 Å². The summed E-state index contributed by atoms with van der Waals surface area (Å²) in [7, 11) is 0. The number of carbonyl (C=O) groups excluding carboxylic acids is 1. The van der Waals surface area contributed by atoms with Gasteiger partial charge in [-0.1, -0.05) is 27.7 Å². The fourth-order valence-corrected chi connectivity index (χ4v) is 2.82. The predicted octanol–water partition coefficient (Wildman–Crippen LogP) is 2.96. The van der Waals surface area contributed by atoms with E-state index >= 15 is 0 Å². The van der Waals surface area contributed by atoms with Crippen molar-refractivity contribution in [2.75, 3.05) is 12.8 Å². The maximum atomic E-state index is 12.6. The molecular weight excluding hydrogens is 256 g/mol. The molecule has 0 bridgehead atoms. The zero-order chi connectivity index (χ0) is 14.8. The molecule has 112 valence electrons. The van der Waals surface area contributed by atoms with Gasteiger partial charge in [-0.2, -0.15) is 11.8 Å². The molecule has 1 fully saturated rings. The summed E-state index contributed by atoms with van der Waals surface area (Å²) in [5, 5.41) is 3.54. The number of thioether (sulfide) groups is 1. The van der Waals surface area contributed by atoms with Crippen molar-refractivity contribution in [3.05, 3.63) is 0 Å². The highest BCUT2D eigenvalue weighted by Crippen LogP contribution is 2.28. The topological polar surface area (TPSA) is 32.3 Å². The van der Waals surface area contributed by atoms with Crippen LogP contribution < -0.4 is 5.32 Å². The Kier molecular flexibility index (Phi) is 5.75. The van der Waals surface area contributed by atoms with Crippen molar-refractivity contribution < 1.29 is 4.79 Å². The van der Waals surface area contributed by atoms with Gasteiger partial charge in [0.05, 0.1) is 12.2 Å². The summed E-state index contributed by atoms with van der Waals surface area (Å²) in [4.78, 5) is 14.7. The van der Waals surface area contributed by atoms with Gasteiger partial charge in [0.15, 0.2) is 0 Å². The van der Waals surface area contributed by atoms with E-state index in [1.54, 1.807) is 0 Å². The minimum absolute atomic E-state index is 0.00468. The van der Waals surface area contributed by atoms with Crippen LogP contribution in [-0.2, 0) is 4.79 Å². The first-order valence-corrected chi connectivity index (χ1v) is 8.52. The lowest BCUT2D eigenvalue weighted by Gasteiger charge is -2.34. The Balaban J connectivity index is 2.83. The Morgan fingerprint density at radius 1 is 1.32 bits per heavy atom. The molecule has 4 heteroatoms. The van der Waals surface area contributed by atoms with Crippen LogP contribution in [0.1, 0.15) is 48.0 Å². The molecule has 2 atom stereocenters. The summed E-state index contributed by atoms with van der Waals surface area (Å²) < 4.78 is 0.108. The fraction of sp³-hybridized carbons (Fsp3) is 0.933. The van der Waals surface area contributed by atoms with Crippen LogP contribution in [0.15, 0.2) is 0 Å². The number of nitrogens with one attached hydrogen (secondary N) is 1. The molecule has 1 amide bonds. The van der Waals surface area contributed by atoms with Crippen molar-refractivity contribution in [2.24, 2.45) is 11.8 Å². The molecule has 1 rings (SSSR count). The van der Waals surface area contributed by atoms with Crippen LogP contribution in [0.2, 0.25) is 0 Å². The van der Waals surface area contributed by atoms with E-state index in [0.29, 0.717) is 11.8 Å². The monoisotopic (exact) mass is 286 g/mol. The van der Waals surface area contributed by atoms with Crippen molar-refractivity contribution in [1.82, 2.24) is 10.2 Å². The number of nitrogens with zero attached hydrogens (tertiary/aromatic N) is 1. The van der Waals surface area contributed by atoms with Gasteiger partial charge in [0, 0.05) is 11.3 Å². The van der Waals surface area contributed by atoms with E-state index in [1.165, 1.54) is 0 Å². The van der Waals surface area contributed by atoms with E-state index in [1.807, 2.05) is 11.8 Å². The van der Waals surface area contributed by atoms with Crippen LogP contribution in [0.3, 0.4) is 0 Å². The van der Waals surface area contributed by atoms with E-state index in [-0.39, 0.29) is 22.9 Å². The maximum absolute atomic E-state index is 12.6. The highest BCUT2D eigenvalue weighted by Gasteiger charge is 2.42. The van der Waals surface area contributed by atoms with E-state index < -0.39 is 0 Å². The molecule has 1 saturated heterocycles. The maximum Gasteiger partial charge on any atom is 0.241 e. The van der Waals surface area contributed by atoms with Gasteiger partial charge in [-0.15, -0.1) is 0 Å². The zero-order valence-electron chi connectivity index (χ0n) is 13.5. The molecule has 1 heterocycles. The molecule has 0 saturated carbocycles. The van der Waals surface area contributed by atoms with E-state index in [9.17, 15) is 4.79 Å². The minimum atomic E-state index is 0.00468. The second kappa shape index (κ2) is 6.49. The van der Waals surface area contributed by atoms with Gasteiger partial charge in [-0.3, -0.25) is 10.1 Å². The molecule has 0 spiro atoms. The summed E-state index contributed by atoms with van der Waals surface area (Å²) in [6.07, 6.45) is 3.23. The van der Waals surface area contributed by atoms with Crippen molar-refractivity contribution in [1.29, 1.82) is 0 Å². The number of carbonyl (C=O) groups is 1. The quantitative estimate of drug-likeness (QED) is 0.815. The van der Waals surface area contributed by atoms with Crippen LogP contribution >= 0.6 is 11.8 Å². The molecule has 0 aromatic heterocycles. The molecule has 0 aliphatic carbocycles. The van der Waals surface area contributed by atoms with Crippen molar-refractivity contribution >= 4 is 17.7 Å². The SMILES string of the molecule is CSC(C)(C)CN1C(=O)C(CC(C)C)NC1C(C)C. The van der Waals surface area contributed by atoms with Gasteiger partial charge in [0.2, 0.25) is 5.91 Å². The fourth-order valence-electron chi connectivity index (χ4n) is 2.55. The van der Waals surface area contributed by atoms with Crippen LogP contribution in [0.25, 0.3) is 0 Å². The van der Waals surface area contributed by atoms with Crippen LogP contribution in [-0.4, -0.2) is 40.6 Å². The van der Waals surface area contributed by atoms with Crippen LogP contribution in [0.5, 0.6) is 0 Å². The normalized spacial score (nSPS) is 24.9. The molecular formula is C15H30N2OS. The summed E-state index contributed by atoms with van der Waals surface area (Å²) in [5.74, 6) is 1.27. The van der Waals surface area contributed by atoms with Crippen molar-refractivity contribution in [3.8, 4) is 0 Å². The summed E-state index contributed by atoms with van der Waals surface area (Å²) in [6.45, 7) is 13.9. The largest absolute Gasteiger partial charge is 0.324 e. The third-order valence-electron chi connectivity index (χ3n) is 3.73. The Morgan fingerprint density at radius 3 is 2.32 bits per heavy atom. The first-order valence-electron chi connectivity index (χ1n) is 7.29. The minimum Gasteiger partial charge on any atom is -0.324 e. The molecule has 0 aromatic carbocycles. The molecule has 19 heavy (non-hydrogen) atoms. The number of amides is 1. The van der Waals surface area contributed by atoms with Gasteiger partial charge in [-0.25, -0.2) is 0 Å². The molecule has 1 aliphatic heterocycles. The molecule has 3 nitrogen and oxygen atoms in total. The van der Waals surface area contributed by atoms with E-state index in [0.717, 1.165) is 13.0 Å². The Labute approximate surface area is 122 Å². The van der Waals surface area contributed by atoms with Gasteiger partial charge in [0.1, 0.15) is 0 Å². The smallest absolute Gasteiger partial charge is 0.241 e. The Morgan fingerprint density at radius 2 is 1.89 bits per heavy atom. The average molecular weight is 286 g/mol. The van der Waals surface area contributed by atoms with Gasteiger partial charge < -0.3 is 4.90 Å². The number of hydrogen-bond acceptors (Lipinski definition) is 3. The first kappa shape index (κ1) is 16.8. The van der Waals surface area contributed by atoms with Crippen molar-refractivity contribution in [3.63, 3.8) is 0 Å². The average Bonchev–Trinajstić information content (AvgIpc) is 2.57.